The van der Waals surface area contributed by atoms with Gasteiger partial charge >= 0.3 is 0 Å². The SMILES string of the molecule is CC1CC(CN)CN1C(=O)C1CN(Cc2ccccc2)CCO1. The van der Waals surface area contributed by atoms with Crippen molar-refractivity contribution in [3.63, 3.8) is 0 Å². The van der Waals surface area contributed by atoms with Gasteiger partial charge in [-0.2, -0.15) is 0 Å². The van der Waals surface area contributed by atoms with Gasteiger partial charge in [0.05, 0.1) is 6.61 Å². The first kappa shape index (κ1) is 16.4. The van der Waals surface area contributed by atoms with E-state index in [1.54, 1.807) is 0 Å². The molecule has 3 rings (SSSR count). The molecule has 0 bridgehead atoms. The van der Waals surface area contributed by atoms with Crippen LogP contribution in [0.3, 0.4) is 0 Å². The maximum atomic E-state index is 12.8. The summed E-state index contributed by atoms with van der Waals surface area (Å²) in [5, 5.41) is 0. The fourth-order valence-electron chi connectivity index (χ4n) is 3.64. The Bertz CT molecular complexity index is 522. The molecule has 2 saturated heterocycles. The average Bonchev–Trinajstić information content (AvgIpc) is 2.96. The molecule has 2 aliphatic heterocycles. The molecule has 0 saturated carbocycles. The summed E-state index contributed by atoms with van der Waals surface area (Å²) in [6, 6.07) is 10.7. The molecule has 3 unspecified atom stereocenters. The molecule has 1 aromatic rings. The topological polar surface area (TPSA) is 58.8 Å². The highest BCUT2D eigenvalue weighted by atomic mass is 16.5. The van der Waals surface area contributed by atoms with E-state index >= 15 is 0 Å². The Morgan fingerprint density at radius 2 is 2.09 bits per heavy atom. The summed E-state index contributed by atoms with van der Waals surface area (Å²) in [4.78, 5) is 17.1. The lowest BCUT2D eigenvalue weighted by Gasteiger charge is -2.35. The van der Waals surface area contributed by atoms with E-state index in [4.69, 9.17) is 10.5 Å². The molecule has 0 spiro atoms. The number of benzene rings is 1. The molecular formula is C18H27N3O2. The molecule has 5 nitrogen and oxygen atoms in total. The number of rotatable bonds is 4. The highest BCUT2D eigenvalue weighted by Gasteiger charge is 2.37. The first-order valence-electron chi connectivity index (χ1n) is 8.55. The first-order chi connectivity index (χ1) is 11.2. The zero-order valence-corrected chi connectivity index (χ0v) is 13.9. The van der Waals surface area contributed by atoms with Gasteiger partial charge in [-0.05, 0) is 31.4 Å². The fourth-order valence-corrected chi connectivity index (χ4v) is 3.64. The molecule has 2 heterocycles. The molecule has 2 N–H and O–H groups in total. The lowest BCUT2D eigenvalue weighted by atomic mass is 10.1. The Kier molecular flexibility index (Phi) is 5.30. The first-order valence-corrected chi connectivity index (χ1v) is 8.55. The maximum absolute atomic E-state index is 12.8. The lowest BCUT2D eigenvalue weighted by molar-refractivity contribution is -0.150. The Morgan fingerprint density at radius 3 is 2.78 bits per heavy atom. The Balaban J connectivity index is 1.59. The van der Waals surface area contributed by atoms with Crippen LogP contribution in [0.15, 0.2) is 30.3 Å². The summed E-state index contributed by atoms with van der Waals surface area (Å²) in [6.07, 6.45) is 0.661. The zero-order chi connectivity index (χ0) is 16.2. The van der Waals surface area contributed by atoms with Crippen molar-refractivity contribution < 1.29 is 9.53 Å². The van der Waals surface area contributed by atoms with Crippen LogP contribution in [-0.2, 0) is 16.1 Å². The van der Waals surface area contributed by atoms with Gasteiger partial charge in [0.1, 0.15) is 6.10 Å². The number of likely N-dealkylation sites (tertiary alicyclic amines) is 1. The summed E-state index contributed by atoms with van der Waals surface area (Å²) in [6.45, 7) is 6.57. The van der Waals surface area contributed by atoms with Crippen LogP contribution in [0.4, 0.5) is 0 Å². The smallest absolute Gasteiger partial charge is 0.253 e. The van der Waals surface area contributed by atoms with Crippen LogP contribution in [0, 0.1) is 5.92 Å². The van der Waals surface area contributed by atoms with Crippen LogP contribution in [0.25, 0.3) is 0 Å². The predicted molar refractivity (Wildman–Crippen MR) is 89.8 cm³/mol. The largest absolute Gasteiger partial charge is 0.366 e. The van der Waals surface area contributed by atoms with Gasteiger partial charge in [0.15, 0.2) is 0 Å². The van der Waals surface area contributed by atoms with Crippen molar-refractivity contribution in [2.24, 2.45) is 11.7 Å². The molecule has 2 fully saturated rings. The van der Waals surface area contributed by atoms with Crippen LogP contribution in [-0.4, -0.2) is 60.6 Å². The monoisotopic (exact) mass is 317 g/mol. The third-order valence-electron chi connectivity index (χ3n) is 4.95. The van der Waals surface area contributed by atoms with Crippen LogP contribution in [0.1, 0.15) is 18.9 Å². The molecule has 1 amide bonds. The van der Waals surface area contributed by atoms with Crippen molar-refractivity contribution in [2.45, 2.75) is 32.0 Å². The minimum absolute atomic E-state index is 0.131. The molecule has 0 aliphatic carbocycles. The highest BCUT2D eigenvalue weighted by molar-refractivity contribution is 5.82. The van der Waals surface area contributed by atoms with Crippen LogP contribution < -0.4 is 5.73 Å². The van der Waals surface area contributed by atoms with Crippen molar-refractivity contribution in [2.75, 3.05) is 32.8 Å². The quantitative estimate of drug-likeness (QED) is 0.903. The van der Waals surface area contributed by atoms with E-state index in [-0.39, 0.29) is 18.1 Å². The Labute approximate surface area is 138 Å². The lowest BCUT2D eigenvalue weighted by Crippen LogP contribution is -2.51. The Morgan fingerprint density at radius 1 is 1.30 bits per heavy atom. The van der Waals surface area contributed by atoms with E-state index in [1.165, 1.54) is 5.56 Å². The predicted octanol–water partition coefficient (Wildman–Crippen LogP) is 1.08. The number of amides is 1. The van der Waals surface area contributed by atoms with Crippen molar-refractivity contribution in [1.82, 2.24) is 9.80 Å². The van der Waals surface area contributed by atoms with Crippen molar-refractivity contribution in [3.8, 4) is 0 Å². The van der Waals surface area contributed by atoms with Crippen LogP contribution >= 0.6 is 0 Å². The van der Waals surface area contributed by atoms with Gasteiger partial charge in [0.25, 0.3) is 5.91 Å². The molecule has 0 aromatic heterocycles. The summed E-state index contributed by atoms with van der Waals surface area (Å²) in [5.74, 6) is 0.559. The van der Waals surface area contributed by atoms with E-state index in [0.29, 0.717) is 25.6 Å². The second kappa shape index (κ2) is 7.43. The molecule has 126 valence electrons. The van der Waals surface area contributed by atoms with Gasteiger partial charge in [0, 0.05) is 32.2 Å². The number of nitrogens with two attached hydrogens (primary N) is 1. The van der Waals surface area contributed by atoms with Gasteiger partial charge in [-0.3, -0.25) is 9.69 Å². The molecule has 5 heteroatoms. The fraction of sp³-hybridized carbons (Fsp3) is 0.611. The molecule has 2 aliphatic rings. The number of morpholine rings is 1. The van der Waals surface area contributed by atoms with Crippen LogP contribution in [0.2, 0.25) is 0 Å². The zero-order valence-electron chi connectivity index (χ0n) is 13.9. The summed E-state index contributed by atoms with van der Waals surface area (Å²) in [7, 11) is 0. The number of carbonyl (C=O) groups excluding carboxylic acids is 1. The summed E-state index contributed by atoms with van der Waals surface area (Å²) in [5.41, 5.74) is 7.04. The molecular weight excluding hydrogens is 290 g/mol. The average molecular weight is 317 g/mol. The second-order valence-electron chi connectivity index (χ2n) is 6.76. The molecule has 3 atom stereocenters. The number of hydrogen-bond donors (Lipinski definition) is 1. The van der Waals surface area contributed by atoms with Crippen molar-refractivity contribution >= 4 is 5.91 Å². The van der Waals surface area contributed by atoms with Crippen molar-refractivity contribution in [3.05, 3.63) is 35.9 Å². The highest BCUT2D eigenvalue weighted by Crippen LogP contribution is 2.24. The Hall–Kier alpha value is -1.43. The van der Waals surface area contributed by atoms with Gasteiger partial charge in [-0.1, -0.05) is 30.3 Å². The number of hydrogen-bond acceptors (Lipinski definition) is 4. The number of nitrogens with zero attached hydrogens (tertiary/aromatic N) is 2. The second-order valence-corrected chi connectivity index (χ2v) is 6.76. The third kappa shape index (κ3) is 3.91. The molecule has 0 radical (unpaired) electrons. The third-order valence-corrected chi connectivity index (χ3v) is 4.95. The van der Waals surface area contributed by atoms with E-state index in [0.717, 1.165) is 26.1 Å². The van der Waals surface area contributed by atoms with E-state index in [1.807, 2.05) is 11.0 Å². The standard InChI is InChI=1S/C18H27N3O2/c1-14-9-16(10-19)12-21(14)18(22)17-13-20(7-8-23-17)11-15-5-3-2-4-6-15/h2-6,14,16-17H,7-13,19H2,1H3. The minimum Gasteiger partial charge on any atom is -0.366 e. The van der Waals surface area contributed by atoms with E-state index in [2.05, 4.69) is 36.1 Å². The number of ether oxygens (including phenoxy) is 1. The van der Waals surface area contributed by atoms with Crippen LogP contribution in [0.5, 0.6) is 0 Å². The molecule has 1 aromatic carbocycles. The molecule has 23 heavy (non-hydrogen) atoms. The van der Waals surface area contributed by atoms with E-state index < -0.39 is 0 Å². The normalized spacial score (nSPS) is 29.0. The van der Waals surface area contributed by atoms with Gasteiger partial charge in [0.2, 0.25) is 0 Å². The van der Waals surface area contributed by atoms with Gasteiger partial charge < -0.3 is 15.4 Å². The maximum Gasteiger partial charge on any atom is 0.253 e. The summed E-state index contributed by atoms with van der Waals surface area (Å²) >= 11 is 0. The van der Waals surface area contributed by atoms with Crippen molar-refractivity contribution in [1.29, 1.82) is 0 Å². The van der Waals surface area contributed by atoms with Gasteiger partial charge in [-0.25, -0.2) is 0 Å². The van der Waals surface area contributed by atoms with E-state index in [9.17, 15) is 4.79 Å². The van der Waals surface area contributed by atoms with Gasteiger partial charge in [-0.15, -0.1) is 0 Å². The number of carbonyl (C=O) groups is 1. The summed E-state index contributed by atoms with van der Waals surface area (Å²) < 4.78 is 5.77. The minimum atomic E-state index is -0.341.